The quantitative estimate of drug-likeness (QED) is 0.876. The van der Waals surface area contributed by atoms with Gasteiger partial charge in [-0.05, 0) is 27.7 Å². The number of anilines is 2. The number of hydrogen-bond donors (Lipinski definition) is 1. The number of nitrogens with zero attached hydrogens (tertiary/aromatic N) is 5. The van der Waals surface area contributed by atoms with E-state index in [1.54, 1.807) is 6.20 Å². The van der Waals surface area contributed by atoms with E-state index in [1.165, 1.54) is 0 Å². The highest BCUT2D eigenvalue weighted by atomic mass is 15.3. The predicted octanol–water partition coefficient (Wildman–Crippen LogP) is 2.01. The van der Waals surface area contributed by atoms with Crippen LogP contribution in [0.4, 0.5) is 11.6 Å². The van der Waals surface area contributed by atoms with Gasteiger partial charge < -0.3 is 5.32 Å². The molecule has 0 aliphatic carbocycles. The fraction of sp³-hybridized carbons (Fsp3) is 0.455. The molecule has 0 aromatic carbocycles. The molecule has 2 aromatic rings. The van der Waals surface area contributed by atoms with Crippen LogP contribution in [0.2, 0.25) is 0 Å². The smallest absolute Gasteiger partial charge is 0.247 e. The molecule has 0 saturated heterocycles. The van der Waals surface area contributed by atoms with Crippen molar-refractivity contribution in [3.05, 3.63) is 23.8 Å². The predicted molar refractivity (Wildman–Crippen MR) is 65.2 cm³/mol. The zero-order valence-electron chi connectivity index (χ0n) is 10.5. The van der Waals surface area contributed by atoms with Gasteiger partial charge in [0.1, 0.15) is 0 Å². The lowest BCUT2D eigenvalue weighted by atomic mass is 10.4. The number of rotatable bonds is 3. The molecule has 6 nitrogen and oxygen atoms in total. The highest BCUT2D eigenvalue weighted by Crippen LogP contribution is 2.14. The average Bonchev–Trinajstić information content (AvgIpc) is 2.72. The second-order valence-electron chi connectivity index (χ2n) is 4.23. The molecular formula is C11H16N6. The Balaban J connectivity index is 2.16. The molecule has 0 atom stereocenters. The van der Waals surface area contributed by atoms with Crippen LogP contribution in [-0.2, 0) is 0 Å². The molecule has 0 bridgehead atoms. The molecule has 0 saturated carbocycles. The van der Waals surface area contributed by atoms with Crippen LogP contribution in [0.15, 0.2) is 12.4 Å². The van der Waals surface area contributed by atoms with Gasteiger partial charge in [0, 0.05) is 12.2 Å². The van der Waals surface area contributed by atoms with E-state index in [1.807, 2.05) is 24.7 Å². The van der Waals surface area contributed by atoms with E-state index in [9.17, 15) is 0 Å². The Kier molecular flexibility index (Phi) is 3.03. The van der Waals surface area contributed by atoms with Gasteiger partial charge in [-0.15, -0.1) is 5.10 Å². The van der Waals surface area contributed by atoms with Crippen LogP contribution in [-0.4, -0.2) is 25.0 Å². The van der Waals surface area contributed by atoms with E-state index in [-0.39, 0.29) is 0 Å². The maximum atomic E-state index is 4.30. The van der Waals surface area contributed by atoms with Gasteiger partial charge in [-0.3, -0.25) is 4.68 Å². The summed E-state index contributed by atoms with van der Waals surface area (Å²) < 4.78 is 1.87. The summed E-state index contributed by atoms with van der Waals surface area (Å²) >= 11 is 0. The van der Waals surface area contributed by atoms with Gasteiger partial charge in [0.15, 0.2) is 0 Å². The number of hydrogen-bond acceptors (Lipinski definition) is 5. The van der Waals surface area contributed by atoms with Crippen molar-refractivity contribution in [3.63, 3.8) is 0 Å². The second kappa shape index (κ2) is 4.48. The van der Waals surface area contributed by atoms with E-state index < -0.39 is 0 Å². The normalized spacial score (nSPS) is 10.9. The minimum atomic E-state index is 0.337. The van der Waals surface area contributed by atoms with Crippen molar-refractivity contribution in [2.45, 2.75) is 33.7 Å². The van der Waals surface area contributed by atoms with Crippen molar-refractivity contribution in [1.82, 2.24) is 25.0 Å². The van der Waals surface area contributed by atoms with Gasteiger partial charge in [-0.25, -0.2) is 4.98 Å². The Labute approximate surface area is 100 Å². The summed E-state index contributed by atoms with van der Waals surface area (Å²) in [5, 5.41) is 15.3. The lowest BCUT2D eigenvalue weighted by molar-refractivity contribution is 0.532. The summed E-state index contributed by atoms with van der Waals surface area (Å²) in [6, 6.07) is 0.337. The van der Waals surface area contributed by atoms with Crippen molar-refractivity contribution in [3.8, 4) is 0 Å². The second-order valence-corrected chi connectivity index (χ2v) is 4.23. The lowest BCUT2D eigenvalue weighted by Gasteiger charge is -2.04. The summed E-state index contributed by atoms with van der Waals surface area (Å²) in [6.45, 7) is 7.94. The third-order valence-corrected chi connectivity index (χ3v) is 2.48. The van der Waals surface area contributed by atoms with E-state index in [4.69, 9.17) is 0 Å². The standard InChI is InChI=1S/C11H16N6/c1-7(2)17-6-10(5-12-17)14-11-13-8(3)9(4)15-16-11/h5-7H,1-4H3,(H,13,14,16). The summed E-state index contributed by atoms with van der Waals surface area (Å²) in [6.07, 6.45) is 3.67. The van der Waals surface area contributed by atoms with Crippen molar-refractivity contribution < 1.29 is 0 Å². The molecule has 0 amide bonds. The zero-order valence-corrected chi connectivity index (χ0v) is 10.5. The van der Waals surface area contributed by atoms with Crippen molar-refractivity contribution >= 4 is 11.6 Å². The fourth-order valence-electron chi connectivity index (χ4n) is 1.32. The van der Waals surface area contributed by atoms with Gasteiger partial charge in [0.05, 0.1) is 23.3 Å². The molecule has 0 unspecified atom stereocenters. The number of nitrogens with one attached hydrogen (secondary N) is 1. The number of aromatic nitrogens is 5. The SMILES string of the molecule is Cc1nnc(Nc2cnn(C(C)C)c2)nc1C. The minimum absolute atomic E-state index is 0.337. The lowest BCUT2D eigenvalue weighted by Crippen LogP contribution is -2.02. The minimum Gasteiger partial charge on any atom is -0.320 e. The largest absolute Gasteiger partial charge is 0.320 e. The van der Waals surface area contributed by atoms with Crippen LogP contribution >= 0.6 is 0 Å². The van der Waals surface area contributed by atoms with E-state index >= 15 is 0 Å². The van der Waals surface area contributed by atoms with E-state index in [2.05, 4.69) is 39.4 Å². The number of aryl methyl sites for hydroxylation is 2. The first kappa shape index (κ1) is 11.5. The molecule has 0 aliphatic heterocycles. The first-order valence-corrected chi connectivity index (χ1v) is 5.55. The van der Waals surface area contributed by atoms with E-state index in [0.717, 1.165) is 17.1 Å². The Morgan fingerprint density at radius 2 is 1.94 bits per heavy atom. The van der Waals surface area contributed by atoms with Gasteiger partial charge in [0.25, 0.3) is 0 Å². The third-order valence-electron chi connectivity index (χ3n) is 2.48. The average molecular weight is 232 g/mol. The molecule has 0 aliphatic rings. The highest BCUT2D eigenvalue weighted by Gasteiger charge is 2.05. The van der Waals surface area contributed by atoms with Crippen LogP contribution in [0.1, 0.15) is 31.3 Å². The Hall–Kier alpha value is -1.98. The maximum Gasteiger partial charge on any atom is 0.247 e. The van der Waals surface area contributed by atoms with Gasteiger partial charge in [-0.1, -0.05) is 0 Å². The van der Waals surface area contributed by atoms with Crippen molar-refractivity contribution in [2.24, 2.45) is 0 Å². The first-order chi connectivity index (χ1) is 8.06. The summed E-state index contributed by atoms with van der Waals surface area (Å²) in [5.74, 6) is 0.497. The Morgan fingerprint density at radius 3 is 2.53 bits per heavy atom. The molecule has 6 heteroatoms. The molecule has 0 spiro atoms. The van der Waals surface area contributed by atoms with E-state index in [0.29, 0.717) is 12.0 Å². The zero-order chi connectivity index (χ0) is 12.4. The molecule has 0 radical (unpaired) electrons. The van der Waals surface area contributed by atoms with Crippen LogP contribution in [0.3, 0.4) is 0 Å². The van der Waals surface area contributed by atoms with Crippen LogP contribution in [0.5, 0.6) is 0 Å². The fourth-order valence-corrected chi connectivity index (χ4v) is 1.32. The topological polar surface area (TPSA) is 68.5 Å². The molecule has 2 heterocycles. The molecule has 2 aromatic heterocycles. The Bertz CT molecular complexity index is 516. The maximum absolute atomic E-state index is 4.30. The van der Waals surface area contributed by atoms with Gasteiger partial charge in [-0.2, -0.15) is 10.2 Å². The summed E-state index contributed by atoms with van der Waals surface area (Å²) in [4.78, 5) is 4.30. The van der Waals surface area contributed by atoms with Gasteiger partial charge >= 0.3 is 0 Å². The Morgan fingerprint density at radius 1 is 1.18 bits per heavy atom. The van der Waals surface area contributed by atoms with Crippen LogP contribution in [0.25, 0.3) is 0 Å². The molecule has 0 fully saturated rings. The molecule has 2 rings (SSSR count). The molecule has 90 valence electrons. The van der Waals surface area contributed by atoms with Crippen LogP contribution in [0, 0.1) is 13.8 Å². The molecular weight excluding hydrogens is 216 g/mol. The highest BCUT2D eigenvalue weighted by molar-refractivity contribution is 5.49. The molecule has 17 heavy (non-hydrogen) atoms. The van der Waals surface area contributed by atoms with Gasteiger partial charge in [0.2, 0.25) is 5.95 Å². The third kappa shape index (κ3) is 2.58. The van der Waals surface area contributed by atoms with Crippen molar-refractivity contribution in [2.75, 3.05) is 5.32 Å². The summed E-state index contributed by atoms with van der Waals surface area (Å²) in [5.41, 5.74) is 2.58. The first-order valence-electron chi connectivity index (χ1n) is 5.55. The monoisotopic (exact) mass is 232 g/mol. The molecule has 1 N–H and O–H groups in total. The van der Waals surface area contributed by atoms with Crippen molar-refractivity contribution in [1.29, 1.82) is 0 Å². The summed E-state index contributed by atoms with van der Waals surface area (Å²) in [7, 11) is 0. The van der Waals surface area contributed by atoms with Crippen LogP contribution < -0.4 is 5.32 Å².